The first-order chi connectivity index (χ1) is 11.6. The van der Waals surface area contributed by atoms with Crippen LogP contribution in [0.3, 0.4) is 0 Å². The molecule has 2 aliphatic rings. The summed E-state index contributed by atoms with van der Waals surface area (Å²) in [5.41, 5.74) is -0.833. The van der Waals surface area contributed by atoms with Gasteiger partial charge in [0.15, 0.2) is 5.60 Å². The van der Waals surface area contributed by atoms with Crippen LogP contribution in [-0.2, 0) is 14.3 Å². The van der Waals surface area contributed by atoms with Gasteiger partial charge < -0.3 is 19.9 Å². The minimum Gasteiger partial charge on any atom is -0.481 e. The van der Waals surface area contributed by atoms with Gasteiger partial charge in [0, 0.05) is 32.6 Å². The average Bonchev–Trinajstić information content (AvgIpc) is 3.37. The highest BCUT2D eigenvalue weighted by molar-refractivity contribution is 5.89. The molecule has 1 aromatic carbocycles. The number of benzene rings is 1. The van der Waals surface area contributed by atoms with Gasteiger partial charge in [-0.15, -0.1) is 0 Å². The Kier molecular flexibility index (Phi) is 5.04. The van der Waals surface area contributed by atoms with Crippen LogP contribution in [0, 0.1) is 11.8 Å². The van der Waals surface area contributed by atoms with Crippen molar-refractivity contribution in [3.63, 3.8) is 0 Å². The maximum atomic E-state index is 12.5. The summed E-state index contributed by atoms with van der Waals surface area (Å²) < 4.78 is 11.1. The van der Waals surface area contributed by atoms with Crippen molar-refractivity contribution in [2.75, 3.05) is 19.8 Å². The fourth-order valence-corrected chi connectivity index (χ4v) is 3.14. The number of carbonyl (C=O) groups is 2. The molecular weight excluding hydrogens is 310 g/mol. The number of carboxylic acid groups (broad SMARTS) is 1. The monoisotopic (exact) mass is 333 g/mol. The van der Waals surface area contributed by atoms with Gasteiger partial charge in [0.25, 0.3) is 5.91 Å². The number of para-hydroxylation sites is 1. The van der Waals surface area contributed by atoms with E-state index in [0.717, 1.165) is 12.8 Å². The van der Waals surface area contributed by atoms with Crippen LogP contribution in [0.1, 0.15) is 25.7 Å². The van der Waals surface area contributed by atoms with Gasteiger partial charge in [-0.05, 0) is 30.9 Å². The number of carboxylic acids is 1. The van der Waals surface area contributed by atoms with Crippen molar-refractivity contribution >= 4 is 11.9 Å². The van der Waals surface area contributed by atoms with E-state index in [1.807, 2.05) is 30.3 Å². The SMILES string of the molecule is O=C(O)C(CNC(=O)C1(Oc2ccccc2)CC1)C1CCOCC1. The van der Waals surface area contributed by atoms with Crippen LogP contribution in [0.4, 0.5) is 0 Å². The van der Waals surface area contributed by atoms with E-state index >= 15 is 0 Å². The van der Waals surface area contributed by atoms with Gasteiger partial charge in [0.05, 0.1) is 5.92 Å². The first kappa shape index (κ1) is 16.8. The van der Waals surface area contributed by atoms with Gasteiger partial charge in [-0.3, -0.25) is 9.59 Å². The fraction of sp³-hybridized carbons (Fsp3) is 0.556. The lowest BCUT2D eigenvalue weighted by Crippen LogP contribution is -2.45. The Morgan fingerprint density at radius 3 is 2.50 bits per heavy atom. The first-order valence-corrected chi connectivity index (χ1v) is 8.44. The molecule has 1 saturated heterocycles. The highest BCUT2D eigenvalue weighted by atomic mass is 16.5. The zero-order valence-corrected chi connectivity index (χ0v) is 13.6. The minimum atomic E-state index is -0.865. The summed E-state index contributed by atoms with van der Waals surface area (Å²) in [6.07, 6.45) is 2.75. The molecule has 2 fully saturated rings. The van der Waals surface area contributed by atoms with E-state index < -0.39 is 17.5 Å². The number of amides is 1. The molecule has 2 N–H and O–H groups in total. The Hall–Kier alpha value is -2.08. The largest absolute Gasteiger partial charge is 0.481 e. The molecule has 6 heteroatoms. The van der Waals surface area contributed by atoms with Crippen molar-refractivity contribution in [3.8, 4) is 5.75 Å². The highest BCUT2D eigenvalue weighted by Gasteiger charge is 2.53. The van der Waals surface area contributed by atoms with Crippen molar-refractivity contribution in [2.45, 2.75) is 31.3 Å². The zero-order chi connectivity index (χ0) is 17.0. The Labute approximate surface area is 141 Å². The van der Waals surface area contributed by atoms with Crippen LogP contribution in [-0.4, -0.2) is 42.3 Å². The molecule has 1 aliphatic carbocycles. The molecule has 1 atom stereocenters. The normalized spacial score (nSPS) is 20.8. The van der Waals surface area contributed by atoms with E-state index in [9.17, 15) is 14.7 Å². The molecule has 3 rings (SSSR count). The summed E-state index contributed by atoms with van der Waals surface area (Å²) >= 11 is 0. The second kappa shape index (κ2) is 7.21. The third-order valence-corrected chi connectivity index (χ3v) is 4.81. The molecule has 1 aromatic rings. The number of hydrogen-bond acceptors (Lipinski definition) is 4. The maximum absolute atomic E-state index is 12.5. The van der Waals surface area contributed by atoms with E-state index in [1.165, 1.54) is 0 Å². The maximum Gasteiger partial charge on any atom is 0.308 e. The van der Waals surface area contributed by atoms with Crippen molar-refractivity contribution in [1.82, 2.24) is 5.32 Å². The number of rotatable bonds is 7. The molecule has 0 radical (unpaired) electrons. The third kappa shape index (κ3) is 3.87. The standard InChI is InChI=1S/C18H23NO5/c20-16(21)15(13-6-10-23-11-7-13)12-19-17(22)18(8-9-18)24-14-4-2-1-3-5-14/h1-5,13,15H,6-12H2,(H,19,22)(H,20,21). The Bertz CT molecular complexity index is 578. The summed E-state index contributed by atoms with van der Waals surface area (Å²) in [7, 11) is 0. The average molecular weight is 333 g/mol. The van der Waals surface area contributed by atoms with Crippen molar-refractivity contribution in [3.05, 3.63) is 30.3 Å². The van der Waals surface area contributed by atoms with E-state index in [2.05, 4.69) is 5.32 Å². The van der Waals surface area contributed by atoms with Gasteiger partial charge in [-0.1, -0.05) is 18.2 Å². The predicted molar refractivity (Wildman–Crippen MR) is 86.7 cm³/mol. The molecule has 0 spiro atoms. The Morgan fingerprint density at radius 1 is 1.25 bits per heavy atom. The van der Waals surface area contributed by atoms with Crippen molar-refractivity contribution in [1.29, 1.82) is 0 Å². The fourth-order valence-electron chi connectivity index (χ4n) is 3.14. The molecule has 130 valence electrons. The lowest BCUT2D eigenvalue weighted by Gasteiger charge is -2.28. The van der Waals surface area contributed by atoms with Crippen LogP contribution in [0.5, 0.6) is 5.75 Å². The molecule has 1 heterocycles. The second-order valence-electron chi connectivity index (χ2n) is 6.51. The predicted octanol–water partition coefficient (Wildman–Crippen LogP) is 1.84. The molecule has 0 aromatic heterocycles. The molecule has 0 bridgehead atoms. The molecule has 24 heavy (non-hydrogen) atoms. The van der Waals surface area contributed by atoms with E-state index in [0.29, 0.717) is 31.8 Å². The number of carbonyl (C=O) groups excluding carboxylic acids is 1. The quantitative estimate of drug-likeness (QED) is 0.795. The van der Waals surface area contributed by atoms with Crippen molar-refractivity contribution in [2.24, 2.45) is 11.8 Å². The Balaban J connectivity index is 1.56. The van der Waals surface area contributed by atoms with Crippen LogP contribution in [0.15, 0.2) is 30.3 Å². The molecular formula is C18H23NO5. The van der Waals surface area contributed by atoms with Crippen LogP contribution in [0.25, 0.3) is 0 Å². The molecule has 1 amide bonds. The summed E-state index contributed by atoms with van der Waals surface area (Å²) in [6.45, 7) is 1.31. The van der Waals surface area contributed by atoms with E-state index in [4.69, 9.17) is 9.47 Å². The molecule has 1 unspecified atom stereocenters. The summed E-state index contributed by atoms with van der Waals surface area (Å²) in [5, 5.41) is 12.3. The Morgan fingerprint density at radius 2 is 1.92 bits per heavy atom. The third-order valence-electron chi connectivity index (χ3n) is 4.81. The first-order valence-electron chi connectivity index (χ1n) is 8.44. The van der Waals surface area contributed by atoms with Crippen LogP contribution < -0.4 is 10.1 Å². The summed E-state index contributed by atoms with van der Waals surface area (Å²) in [5.74, 6) is -0.961. The van der Waals surface area contributed by atoms with E-state index in [-0.39, 0.29) is 18.4 Å². The lowest BCUT2D eigenvalue weighted by atomic mass is 9.86. The minimum absolute atomic E-state index is 0.0433. The molecule has 6 nitrogen and oxygen atoms in total. The summed E-state index contributed by atoms with van der Waals surface area (Å²) in [4.78, 5) is 24.0. The van der Waals surface area contributed by atoms with Gasteiger partial charge in [-0.2, -0.15) is 0 Å². The number of hydrogen-bond donors (Lipinski definition) is 2. The van der Waals surface area contributed by atoms with Gasteiger partial charge in [0.2, 0.25) is 0 Å². The molecule has 1 saturated carbocycles. The van der Waals surface area contributed by atoms with Gasteiger partial charge in [-0.25, -0.2) is 0 Å². The van der Waals surface area contributed by atoms with E-state index in [1.54, 1.807) is 0 Å². The van der Waals surface area contributed by atoms with Gasteiger partial charge in [0.1, 0.15) is 5.75 Å². The van der Waals surface area contributed by atoms with Crippen LogP contribution >= 0.6 is 0 Å². The smallest absolute Gasteiger partial charge is 0.308 e. The lowest BCUT2D eigenvalue weighted by molar-refractivity contribution is -0.145. The highest BCUT2D eigenvalue weighted by Crippen LogP contribution is 2.40. The molecule has 1 aliphatic heterocycles. The summed E-state index contributed by atoms with van der Waals surface area (Å²) in [6, 6.07) is 9.23. The van der Waals surface area contributed by atoms with Gasteiger partial charge >= 0.3 is 5.97 Å². The van der Waals surface area contributed by atoms with Crippen LogP contribution in [0.2, 0.25) is 0 Å². The topological polar surface area (TPSA) is 84.9 Å². The second-order valence-corrected chi connectivity index (χ2v) is 6.51. The number of ether oxygens (including phenoxy) is 2. The van der Waals surface area contributed by atoms with Crippen molar-refractivity contribution < 1.29 is 24.2 Å². The number of nitrogens with one attached hydrogen (secondary N) is 1. The zero-order valence-electron chi connectivity index (χ0n) is 13.6. The number of aliphatic carboxylic acids is 1.